The van der Waals surface area contributed by atoms with Crippen LogP contribution in [0.15, 0.2) is 10.8 Å². The zero-order chi connectivity index (χ0) is 13.1. The Morgan fingerprint density at radius 3 is 2.89 bits per heavy atom. The lowest BCUT2D eigenvalue weighted by atomic mass is 10.1. The van der Waals surface area contributed by atoms with E-state index in [1.54, 1.807) is 16.2 Å². The van der Waals surface area contributed by atoms with Gasteiger partial charge in [0.1, 0.15) is 0 Å². The molecule has 1 atom stereocenters. The minimum absolute atomic E-state index is 0.177. The van der Waals surface area contributed by atoms with Gasteiger partial charge >= 0.3 is 12.0 Å². The number of urea groups is 1. The molecule has 1 aromatic heterocycles. The standard InChI is InChI=1S/C12H16N2O3S/c1-8-6-18-7-10(8)4-13-12(17)14-3-2-9(5-14)11(15)16/h6-7,9H,2-5H2,1H3,(H,13,17)(H,15,16). The Morgan fingerprint density at radius 2 is 2.33 bits per heavy atom. The lowest BCUT2D eigenvalue weighted by Gasteiger charge is -2.16. The van der Waals surface area contributed by atoms with Gasteiger partial charge in [-0.1, -0.05) is 0 Å². The Bertz CT molecular complexity index is 458. The van der Waals surface area contributed by atoms with Crippen molar-refractivity contribution in [3.63, 3.8) is 0 Å². The monoisotopic (exact) mass is 268 g/mol. The van der Waals surface area contributed by atoms with Crippen LogP contribution in [0.2, 0.25) is 0 Å². The van der Waals surface area contributed by atoms with E-state index in [0.29, 0.717) is 26.1 Å². The fourth-order valence-electron chi connectivity index (χ4n) is 2.00. The average Bonchev–Trinajstić information content (AvgIpc) is 2.94. The lowest BCUT2D eigenvalue weighted by molar-refractivity contribution is -0.141. The normalized spacial score (nSPS) is 18.9. The van der Waals surface area contributed by atoms with Crippen molar-refractivity contribution in [3.8, 4) is 0 Å². The van der Waals surface area contributed by atoms with Gasteiger partial charge in [-0.15, -0.1) is 0 Å². The van der Waals surface area contributed by atoms with Crippen LogP contribution in [-0.2, 0) is 11.3 Å². The maximum absolute atomic E-state index is 11.8. The number of hydrogen-bond acceptors (Lipinski definition) is 3. The zero-order valence-corrected chi connectivity index (χ0v) is 11.0. The summed E-state index contributed by atoms with van der Waals surface area (Å²) < 4.78 is 0. The quantitative estimate of drug-likeness (QED) is 0.876. The Kier molecular flexibility index (Phi) is 3.86. The first kappa shape index (κ1) is 12.9. The van der Waals surface area contributed by atoms with E-state index in [1.165, 1.54) is 5.56 Å². The van der Waals surface area contributed by atoms with Crippen molar-refractivity contribution in [2.45, 2.75) is 19.9 Å². The van der Waals surface area contributed by atoms with Crippen molar-refractivity contribution in [1.29, 1.82) is 0 Å². The molecule has 1 unspecified atom stereocenters. The van der Waals surface area contributed by atoms with Crippen molar-refractivity contribution in [2.75, 3.05) is 13.1 Å². The molecule has 0 bridgehead atoms. The van der Waals surface area contributed by atoms with Crippen LogP contribution >= 0.6 is 11.3 Å². The molecule has 0 spiro atoms. The largest absolute Gasteiger partial charge is 0.481 e. The summed E-state index contributed by atoms with van der Waals surface area (Å²) in [6, 6.07) is -0.177. The number of nitrogens with one attached hydrogen (secondary N) is 1. The van der Waals surface area contributed by atoms with E-state index in [-0.39, 0.29) is 6.03 Å². The molecule has 2 rings (SSSR count). The highest BCUT2D eigenvalue weighted by atomic mass is 32.1. The summed E-state index contributed by atoms with van der Waals surface area (Å²) in [5, 5.41) is 15.8. The van der Waals surface area contributed by atoms with E-state index >= 15 is 0 Å². The van der Waals surface area contributed by atoms with E-state index in [2.05, 4.69) is 5.32 Å². The topological polar surface area (TPSA) is 69.6 Å². The maximum Gasteiger partial charge on any atom is 0.317 e. The number of thiophene rings is 1. The molecule has 2 heterocycles. The third-order valence-electron chi connectivity index (χ3n) is 3.22. The van der Waals surface area contributed by atoms with Crippen LogP contribution in [0.3, 0.4) is 0 Å². The van der Waals surface area contributed by atoms with E-state index < -0.39 is 11.9 Å². The first-order valence-electron chi connectivity index (χ1n) is 5.85. The predicted octanol–water partition coefficient (Wildman–Crippen LogP) is 1.67. The number of aryl methyl sites for hydroxylation is 1. The Morgan fingerprint density at radius 1 is 1.56 bits per heavy atom. The van der Waals surface area contributed by atoms with Gasteiger partial charge in [0.15, 0.2) is 0 Å². The van der Waals surface area contributed by atoms with Crippen LogP contribution in [0, 0.1) is 12.8 Å². The summed E-state index contributed by atoms with van der Waals surface area (Å²) >= 11 is 1.61. The molecular weight excluding hydrogens is 252 g/mol. The highest BCUT2D eigenvalue weighted by Gasteiger charge is 2.30. The van der Waals surface area contributed by atoms with Gasteiger partial charge in [0.25, 0.3) is 0 Å². The van der Waals surface area contributed by atoms with Gasteiger partial charge in [0.05, 0.1) is 5.92 Å². The number of hydrogen-bond donors (Lipinski definition) is 2. The number of carbonyl (C=O) groups excluding carboxylic acids is 1. The van der Waals surface area contributed by atoms with Gasteiger partial charge in [-0.2, -0.15) is 11.3 Å². The van der Waals surface area contributed by atoms with Crippen molar-refractivity contribution in [2.24, 2.45) is 5.92 Å². The number of carboxylic acid groups (broad SMARTS) is 1. The highest BCUT2D eigenvalue weighted by Crippen LogP contribution is 2.17. The molecule has 2 amide bonds. The molecule has 0 radical (unpaired) electrons. The van der Waals surface area contributed by atoms with Crippen molar-refractivity contribution in [1.82, 2.24) is 10.2 Å². The smallest absolute Gasteiger partial charge is 0.317 e. The highest BCUT2D eigenvalue weighted by molar-refractivity contribution is 7.08. The molecule has 98 valence electrons. The van der Waals surface area contributed by atoms with Gasteiger partial charge in [-0.05, 0) is 35.2 Å². The molecule has 5 nitrogen and oxygen atoms in total. The zero-order valence-electron chi connectivity index (χ0n) is 10.2. The number of amides is 2. The minimum atomic E-state index is -0.820. The fourth-order valence-corrected chi connectivity index (χ4v) is 2.85. The molecule has 1 saturated heterocycles. The molecule has 18 heavy (non-hydrogen) atoms. The van der Waals surface area contributed by atoms with E-state index in [9.17, 15) is 9.59 Å². The van der Waals surface area contributed by atoms with Crippen molar-refractivity contribution in [3.05, 3.63) is 21.9 Å². The molecule has 6 heteroatoms. The summed E-state index contributed by atoms with van der Waals surface area (Å²) in [5.74, 6) is -1.24. The van der Waals surface area contributed by atoms with Crippen molar-refractivity contribution >= 4 is 23.3 Å². The van der Waals surface area contributed by atoms with Gasteiger partial charge < -0.3 is 15.3 Å². The van der Waals surface area contributed by atoms with Crippen LogP contribution in [0.25, 0.3) is 0 Å². The Labute approximate surface area is 109 Å². The molecule has 1 aliphatic heterocycles. The molecule has 1 fully saturated rings. The summed E-state index contributed by atoms with van der Waals surface area (Å²) in [7, 11) is 0. The third-order valence-corrected chi connectivity index (χ3v) is 4.13. The fraction of sp³-hybridized carbons (Fsp3) is 0.500. The van der Waals surface area contributed by atoms with Gasteiger partial charge in [0, 0.05) is 19.6 Å². The Hall–Kier alpha value is -1.56. The molecular formula is C12H16N2O3S. The minimum Gasteiger partial charge on any atom is -0.481 e. The first-order valence-corrected chi connectivity index (χ1v) is 6.79. The maximum atomic E-state index is 11.8. The van der Waals surface area contributed by atoms with Gasteiger partial charge in [-0.25, -0.2) is 4.79 Å². The van der Waals surface area contributed by atoms with E-state index in [1.807, 2.05) is 17.7 Å². The van der Waals surface area contributed by atoms with Crippen molar-refractivity contribution < 1.29 is 14.7 Å². The number of carboxylic acids is 1. The lowest BCUT2D eigenvalue weighted by Crippen LogP contribution is -2.38. The average molecular weight is 268 g/mol. The van der Waals surface area contributed by atoms with E-state index in [0.717, 1.165) is 5.56 Å². The van der Waals surface area contributed by atoms with Crippen LogP contribution < -0.4 is 5.32 Å². The number of likely N-dealkylation sites (tertiary alicyclic amines) is 1. The number of carbonyl (C=O) groups is 2. The van der Waals surface area contributed by atoms with E-state index in [4.69, 9.17) is 5.11 Å². The second kappa shape index (κ2) is 5.39. The molecule has 2 N–H and O–H groups in total. The summed E-state index contributed by atoms with van der Waals surface area (Å²) in [5.41, 5.74) is 2.28. The van der Waals surface area contributed by atoms with Crippen LogP contribution in [0.5, 0.6) is 0 Å². The molecule has 1 aliphatic rings. The second-order valence-electron chi connectivity index (χ2n) is 4.51. The molecule has 1 aromatic rings. The number of aliphatic carboxylic acids is 1. The summed E-state index contributed by atoms with van der Waals surface area (Å²) in [6.07, 6.45) is 0.542. The van der Waals surface area contributed by atoms with Crippen LogP contribution in [-0.4, -0.2) is 35.1 Å². The molecule has 0 saturated carbocycles. The van der Waals surface area contributed by atoms with Crippen LogP contribution in [0.4, 0.5) is 4.79 Å². The SMILES string of the molecule is Cc1cscc1CNC(=O)N1CCC(C(=O)O)C1. The summed E-state index contributed by atoms with van der Waals surface area (Å²) in [6.45, 7) is 3.34. The number of nitrogens with zero attached hydrogens (tertiary/aromatic N) is 1. The second-order valence-corrected chi connectivity index (χ2v) is 5.25. The first-order chi connectivity index (χ1) is 8.58. The van der Waals surface area contributed by atoms with Gasteiger partial charge in [0.2, 0.25) is 0 Å². The summed E-state index contributed by atoms with van der Waals surface area (Å²) in [4.78, 5) is 24.2. The molecule has 0 aliphatic carbocycles. The number of rotatable bonds is 3. The Balaban J connectivity index is 1.83. The molecule has 0 aromatic carbocycles. The third kappa shape index (κ3) is 2.81. The van der Waals surface area contributed by atoms with Crippen LogP contribution in [0.1, 0.15) is 17.5 Å². The van der Waals surface area contributed by atoms with Gasteiger partial charge in [-0.3, -0.25) is 4.79 Å². The predicted molar refractivity (Wildman–Crippen MR) is 68.6 cm³/mol.